The summed E-state index contributed by atoms with van der Waals surface area (Å²) in [6, 6.07) is 24.6. The summed E-state index contributed by atoms with van der Waals surface area (Å²) < 4.78 is 17.1. The van der Waals surface area contributed by atoms with Crippen LogP contribution in [0.4, 0.5) is 5.69 Å². The number of carbonyl (C=O) groups is 3. The number of ether oxygens (including phenoxy) is 3. The topological polar surface area (TPSA) is 82.1 Å². The van der Waals surface area contributed by atoms with Gasteiger partial charge in [0.15, 0.2) is 11.5 Å². The van der Waals surface area contributed by atoms with Gasteiger partial charge in [-0.1, -0.05) is 66.7 Å². The molecule has 3 heterocycles. The highest BCUT2D eigenvalue weighted by molar-refractivity contribution is 6.25. The lowest BCUT2D eigenvalue weighted by atomic mass is 9.64. The van der Waals surface area contributed by atoms with Crippen molar-refractivity contribution in [3.05, 3.63) is 102 Å². The fourth-order valence-electron chi connectivity index (χ4n) is 6.79. The molecule has 4 atom stereocenters. The Kier molecular flexibility index (Phi) is 4.77. The van der Waals surface area contributed by atoms with E-state index < -0.39 is 29.6 Å². The van der Waals surface area contributed by atoms with Crippen LogP contribution in [0, 0.1) is 24.7 Å². The second kappa shape index (κ2) is 8.29. The highest BCUT2D eigenvalue weighted by atomic mass is 16.7. The van der Waals surface area contributed by atoms with Gasteiger partial charge < -0.3 is 14.2 Å². The van der Waals surface area contributed by atoms with Gasteiger partial charge >= 0.3 is 5.97 Å². The van der Waals surface area contributed by atoms with Crippen LogP contribution >= 0.6 is 0 Å². The first-order chi connectivity index (χ1) is 19.5. The van der Waals surface area contributed by atoms with E-state index in [-0.39, 0.29) is 18.6 Å². The molecule has 7 heteroatoms. The average molecular weight is 530 g/mol. The van der Waals surface area contributed by atoms with Gasteiger partial charge in [0.1, 0.15) is 5.75 Å². The average Bonchev–Trinajstić information content (AvgIpc) is 3.54. The molecule has 40 heavy (non-hydrogen) atoms. The first kappa shape index (κ1) is 23.0. The molecule has 7 nitrogen and oxygen atoms in total. The van der Waals surface area contributed by atoms with Crippen molar-refractivity contribution in [1.82, 2.24) is 0 Å². The normalized spacial score (nSPS) is 24.4. The molecule has 0 spiro atoms. The minimum atomic E-state index is -0.908. The zero-order chi connectivity index (χ0) is 27.1. The van der Waals surface area contributed by atoms with Crippen LogP contribution in [0.5, 0.6) is 17.2 Å². The SMILES string of the molecule is Cc1ccccc1N1C(=O)[C@@H]2[C@@H]3C(=O)Oc4c(ccc5ccccc45)C3=C[C@H](c3ccc4c(c3)OCO4)[C@H]2C1=O. The second-order valence-electron chi connectivity index (χ2n) is 10.7. The maximum Gasteiger partial charge on any atom is 0.319 e. The van der Waals surface area contributed by atoms with Crippen molar-refractivity contribution in [2.75, 3.05) is 11.7 Å². The van der Waals surface area contributed by atoms with Crippen molar-refractivity contribution in [3.8, 4) is 17.2 Å². The van der Waals surface area contributed by atoms with Crippen molar-refractivity contribution in [2.45, 2.75) is 12.8 Å². The van der Waals surface area contributed by atoms with Crippen LogP contribution in [0.2, 0.25) is 0 Å². The molecule has 0 aromatic heterocycles. The number of carbonyl (C=O) groups excluding carboxylic acids is 3. The van der Waals surface area contributed by atoms with Gasteiger partial charge in [-0.25, -0.2) is 4.90 Å². The lowest BCUT2D eigenvalue weighted by Crippen LogP contribution is -2.42. The molecule has 2 amide bonds. The van der Waals surface area contributed by atoms with Crippen molar-refractivity contribution < 1.29 is 28.6 Å². The Morgan fingerprint density at radius 1 is 0.800 bits per heavy atom. The summed E-state index contributed by atoms with van der Waals surface area (Å²) in [5.74, 6) is -2.55. The zero-order valence-corrected chi connectivity index (χ0v) is 21.5. The molecule has 1 saturated heterocycles. The molecule has 4 aromatic carbocycles. The van der Waals surface area contributed by atoms with Gasteiger partial charge in [-0.15, -0.1) is 0 Å². The molecule has 4 aromatic rings. The van der Waals surface area contributed by atoms with Crippen LogP contribution in [0.1, 0.15) is 22.6 Å². The van der Waals surface area contributed by atoms with E-state index in [1.807, 2.05) is 79.7 Å². The number of nitrogens with zero attached hydrogens (tertiary/aromatic N) is 1. The second-order valence-corrected chi connectivity index (χ2v) is 10.7. The first-order valence-corrected chi connectivity index (χ1v) is 13.3. The highest BCUT2D eigenvalue weighted by Crippen LogP contribution is 2.56. The maximum atomic E-state index is 14.2. The van der Waals surface area contributed by atoms with E-state index in [0.717, 1.165) is 27.5 Å². The summed E-state index contributed by atoms with van der Waals surface area (Å²) in [6.07, 6.45) is 1.99. The van der Waals surface area contributed by atoms with Gasteiger partial charge in [-0.2, -0.15) is 0 Å². The minimum Gasteiger partial charge on any atom is -0.454 e. The number of rotatable bonds is 2. The zero-order valence-electron chi connectivity index (χ0n) is 21.5. The fourth-order valence-corrected chi connectivity index (χ4v) is 6.79. The van der Waals surface area contributed by atoms with Gasteiger partial charge in [0.05, 0.1) is 23.4 Å². The standard InChI is InChI=1S/C33H23NO6/c1-17-6-2-5-9-24(17)34-31(35)27-22(19-11-13-25-26(14-19)39-16-38-25)15-23-21-12-10-18-7-3-4-8-20(18)30(21)40-33(37)28(23)29(27)32(34)36/h2-15,22,27-29H,16H2,1H3/t22-,27-,28-,29+/m1/s1. The van der Waals surface area contributed by atoms with E-state index in [2.05, 4.69) is 0 Å². The predicted octanol–water partition coefficient (Wildman–Crippen LogP) is 5.40. The van der Waals surface area contributed by atoms with E-state index in [1.165, 1.54) is 4.90 Å². The van der Waals surface area contributed by atoms with Crippen molar-refractivity contribution in [3.63, 3.8) is 0 Å². The first-order valence-electron chi connectivity index (χ1n) is 13.3. The molecule has 1 aliphatic carbocycles. The Morgan fingerprint density at radius 3 is 2.45 bits per heavy atom. The molecule has 0 unspecified atom stereocenters. The lowest BCUT2D eigenvalue weighted by molar-refractivity contribution is -0.142. The number of imide groups is 1. The number of fused-ring (bicyclic) bond motifs is 8. The smallest absolute Gasteiger partial charge is 0.319 e. The number of hydrogen-bond donors (Lipinski definition) is 0. The number of allylic oxidation sites excluding steroid dienone is 1. The predicted molar refractivity (Wildman–Crippen MR) is 147 cm³/mol. The van der Waals surface area contributed by atoms with Crippen LogP contribution in [-0.2, 0) is 14.4 Å². The monoisotopic (exact) mass is 529 g/mol. The third-order valence-electron chi connectivity index (χ3n) is 8.62. The molecule has 8 rings (SSSR count). The number of para-hydroxylation sites is 1. The van der Waals surface area contributed by atoms with E-state index in [0.29, 0.717) is 28.5 Å². The van der Waals surface area contributed by atoms with Gasteiger partial charge in [-0.05, 0) is 47.2 Å². The molecule has 0 radical (unpaired) electrons. The molecular weight excluding hydrogens is 506 g/mol. The number of esters is 1. The third kappa shape index (κ3) is 3.09. The molecular formula is C33H23NO6. The fraction of sp³-hybridized carbons (Fsp3) is 0.182. The van der Waals surface area contributed by atoms with Crippen molar-refractivity contribution in [1.29, 1.82) is 0 Å². The molecule has 0 saturated carbocycles. The van der Waals surface area contributed by atoms with Crippen molar-refractivity contribution in [2.24, 2.45) is 17.8 Å². The van der Waals surface area contributed by atoms with Crippen LogP contribution in [-0.4, -0.2) is 24.6 Å². The highest BCUT2D eigenvalue weighted by Gasteiger charge is 2.60. The minimum absolute atomic E-state index is 0.128. The van der Waals surface area contributed by atoms with Crippen LogP contribution in [0.25, 0.3) is 16.3 Å². The Balaban J connectivity index is 1.35. The number of amides is 2. The Hall–Kier alpha value is -4.91. The maximum absolute atomic E-state index is 14.2. The largest absolute Gasteiger partial charge is 0.454 e. The number of hydrogen-bond acceptors (Lipinski definition) is 6. The molecule has 3 aliphatic heterocycles. The molecule has 0 bridgehead atoms. The van der Waals surface area contributed by atoms with Crippen LogP contribution < -0.4 is 19.1 Å². The van der Waals surface area contributed by atoms with E-state index in [4.69, 9.17) is 14.2 Å². The van der Waals surface area contributed by atoms with Crippen molar-refractivity contribution >= 4 is 39.8 Å². The van der Waals surface area contributed by atoms with Crippen LogP contribution in [0.3, 0.4) is 0 Å². The van der Waals surface area contributed by atoms with E-state index >= 15 is 0 Å². The Bertz CT molecular complexity index is 1820. The Labute approximate surface area is 229 Å². The number of anilines is 1. The molecule has 196 valence electrons. The Morgan fingerprint density at radius 2 is 1.57 bits per heavy atom. The molecule has 0 N–H and O–H groups in total. The van der Waals surface area contributed by atoms with E-state index in [1.54, 1.807) is 12.1 Å². The summed E-state index contributed by atoms with van der Waals surface area (Å²) in [7, 11) is 0. The van der Waals surface area contributed by atoms with Gasteiger partial charge in [0.2, 0.25) is 18.6 Å². The van der Waals surface area contributed by atoms with Crippen LogP contribution in [0.15, 0.2) is 84.9 Å². The van der Waals surface area contributed by atoms with E-state index in [9.17, 15) is 14.4 Å². The summed E-state index contributed by atoms with van der Waals surface area (Å²) in [5, 5.41) is 1.77. The summed E-state index contributed by atoms with van der Waals surface area (Å²) in [5.41, 5.74) is 3.64. The summed E-state index contributed by atoms with van der Waals surface area (Å²) >= 11 is 0. The van der Waals surface area contributed by atoms with Gasteiger partial charge in [0, 0.05) is 16.9 Å². The number of aryl methyl sites for hydroxylation is 1. The quantitative estimate of drug-likeness (QED) is 0.197. The molecule has 1 fully saturated rings. The van der Waals surface area contributed by atoms with Gasteiger partial charge in [0.25, 0.3) is 0 Å². The summed E-state index contributed by atoms with van der Waals surface area (Å²) in [6.45, 7) is 2.00. The lowest BCUT2D eigenvalue weighted by Gasteiger charge is -2.38. The number of benzene rings is 4. The molecule has 4 aliphatic rings. The van der Waals surface area contributed by atoms with Gasteiger partial charge in [-0.3, -0.25) is 14.4 Å². The summed E-state index contributed by atoms with van der Waals surface area (Å²) in [4.78, 5) is 43.4. The third-order valence-corrected chi connectivity index (χ3v) is 8.62.